The zero-order valence-electron chi connectivity index (χ0n) is 8.62. The Hall–Kier alpha value is -0.930. The average molecular weight is 210 g/mol. The summed E-state index contributed by atoms with van der Waals surface area (Å²) in [7, 11) is 0. The van der Waals surface area contributed by atoms with Crippen molar-refractivity contribution in [2.24, 2.45) is 0 Å². The first-order valence-corrected chi connectivity index (χ1v) is 5.29. The van der Waals surface area contributed by atoms with Crippen LogP contribution in [-0.2, 0) is 16.1 Å². The van der Waals surface area contributed by atoms with Crippen LogP contribution in [0.25, 0.3) is 0 Å². The largest absolute Gasteiger partial charge is 0.376 e. The molecule has 0 radical (unpaired) electrons. The number of benzene rings is 1. The summed E-state index contributed by atoms with van der Waals surface area (Å²) in [5, 5.41) is 0. The molecule has 0 aromatic heterocycles. The Morgan fingerprint density at radius 1 is 1.40 bits per heavy atom. The zero-order valence-corrected chi connectivity index (χ0v) is 8.62. The van der Waals surface area contributed by atoms with Crippen LogP contribution in [0.3, 0.4) is 0 Å². The maximum absolute atomic E-state index is 13.2. The lowest BCUT2D eigenvalue weighted by atomic mass is 10.2. The SMILES string of the molecule is Fc1ccccc1COCC1CCCO1. The van der Waals surface area contributed by atoms with Gasteiger partial charge in [0.25, 0.3) is 0 Å². The van der Waals surface area contributed by atoms with Crippen molar-refractivity contribution in [3.05, 3.63) is 35.6 Å². The molecular formula is C12H15FO2. The smallest absolute Gasteiger partial charge is 0.128 e. The first-order valence-electron chi connectivity index (χ1n) is 5.29. The highest BCUT2D eigenvalue weighted by atomic mass is 19.1. The second-order valence-corrected chi connectivity index (χ2v) is 3.74. The topological polar surface area (TPSA) is 18.5 Å². The molecule has 2 rings (SSSR count). The van der Waals surface area contributed by atoms with Crippen molar-refractivity contribution in [1.29, 1.82) is 0 Å². The fourth-order valence-corrected chi connectivity index (χ4v) is 1.69. The summed E-state index contributed by atoms with van der Waals surface area (Å²) in [6.45, 7) is 1.72. The minimum atomic E-state index is -0.204. The molecule has 0 saturated carbocycles. The maximum atomic E-state index is 13.2. The lowest BCUT2D eigenvalue weighted by molar-refractivity contribution is 0.00983. The predicted molar refractivity (Wildman–Crippen MR) is 55.0 cm³/mol. The molecule has 0 N–H and O–H groups in total. The first-order chi connectivity index (χ1) is 7.36. The van der Waals surface area contributed by atoms with Crippen LogP contribution in [0.1, 0.15) is 18.4 Å². The molecule has 0 amide bonds. The van der Waals surface area contributed by atoms with E-state index >= 15 is 0 Å². The van der Waals surface area contributed by atoms with Gasteiger partial charge in [0.15, 0.2) is 0 Å². The minimum absolute atomic E-state index is 0.204. The van der Waals surface area contributed by atoms with Gasteiger partial charge in [0.2, 0.25) is 0 Å². The van der Waals surface area contributed by atoms with Crippen molar-refractivity contribution < 1.29 is 13.9 Å². The van der Waals surface area contributed by atoms with Crippen LogP contribution in [0.5, 0.6) is 0 Å². The summed E-state index contributed by atoms with van der Waals surface area (Å²) < 4.78 is 24.0. The van der Waals surface area contributed by atoms with Crippen LogP contribution < -0.4 is 0 Å². The Morgan fingerprint density at radius 3 is 3.00 bits per heavy atom. The Bertz CT molecular complexity index is 308. The van der Waals surface area contributed by atoms with Gasteiger partial charge < -0.3 is 9.47 Å². The van der Waals surface area contributed by atoms with E-state index in [9.17, 15) is 4.39 Å². The molecule has 1 heterocycles. The van der Waals surface area contributed by atoms with Crippen molar-refractivity contribution in [3.63, 3.8) is 0 Å². The monoisotopic (exact) mass is 210 g/mol. The van der Waals surface area contributed by atoms with Gasteiger partial charge in [0.05, 0.1) is 19.3 Å². The molecule has 0 spiro atoms. The van der Waals surface area contributed by atoms with Gasteiger partial charge >= 0.3 is 0 Å². The summed E-state index contributed by atoms with van der Waals surface area (Å²) >= 11 is 0. The molecule has 1 aliphatic heterocycles. The van der Waals surface area contributed by atoms with E-state index in [4.69, 9.17) is 9.47 Å². The molecule has 1 aromatic carbocycles. The van der Waals surface area contributed by atoms with Crippen LogP contribution in [0, 0.1) is 5.82 Å². The van der Waals surface area contributed by atoms with E-state index in [0.717, 1.165) is 19.4 Å². The van der Waals surface area contributed by atoms with Crippen molar-refractivity contribution in [2.45, 2.75) is 25.6 Å². The van der Waals surface area contributed by atoms with Gasteiger partial charge in [-0.2, -0.15) is 0 Å². The normalized spacial score (nSPS) is 20.7. The molecule has 1 aromatic rings. The summed E-state index contributed by atoms with van der Waals surface area (Å²) in [5.41, 5.74) is 0.607. The number of rotatable bonds is 4. The van der Waals surface area contributed by atoms with Crippen LogP contribution in [0.2, 0.25) is 0 Å². The number of hydrogen-bond acceptors (Lipinski definition) is 2. The fourth-order valence-electron chi connectivity index (χ4n) is 1.69. The maximum Gasteiger partial charge on any atom is 0.128 e. The molecule has 1 unspecified atom stereocenters. The lowest BCUT2D eigenvalue weighted by Crippen LogP contribution is -2.14. The van der Waals surface area contributed by atoms with E-state index < -0.39 is 0 Å². The Labute approximate surface area is 89.0 Å². The lowest BCUT2D eigenvalue weighted by Gasteiger charge is -2.10. The van der Waals surface area contributed by atoms with Gasteiger partial charge in [0.1, 0.15) is 5.82 Å². The van der Waals surface area contributed by atoms with E-state index in [2.05, 4.69) is 0 Å². The highest BCUT2D eigenvalue weighted by molar-refractivity contribution is 5.16. The second-order valence-electron chi connectivity index (χ2n) is 3.74. The summed E-state index contributed by atoms with van der Waals surface area (Å²) in [4.78, 5) is 0. The third-order valence-corrected chi connectivity index (χ3v) is 2.54. The molecule has 82 valence electrons. The van der Waals surface area contributed by atoms with Crippen LogP contribution in [-0.4, -0.2) is 19.3 Å². The molecule has 2 nitrogen and oxygen atoms in total. The van der Waals surface area contributed by atoms with Crippen molar-refractivity contribution in [1.82, 2.24) is 0 Å². The van der Waals surface area contributed by atoms with Crippen LogP contribution >= 0.6 is 0 Å². The van der Waals surface area contributed by atoms with Gasteiger partial charge in [-0.1, -0.05) is 18.2 Å². The number of ether oxygens (including phenoxy) is 2. The highest BCUT2D eigenvalue weighted by Gasteiger charge is 2.15. The molecule has 1 atom stereocenters. The third-order valence-electron chi connectivity index (χ3n) is 2.54. The molecular weight excluding hydrogens is 195 g/mol. The minimum Gasteiger partial charge on any atom is -0.376 e. The Kier molecular flexibility index (Phi) is 3.69. The second kappa shape index (κ2) is 5.24. The Morgan fingerprint density at radius 2 is 2.27 bits per heavy atom. The van der Waals surface area contributed by atoms with E-state index in [1.54, 1.807) is 12.1 Å². The predicted octanol–water partition coefficient (Wildman–Crippen LogP) is 2.52. The molecule has 1 saturated heterocycles. The van der Waals surface area contributed by atoms with Gasteiger partial charge in [0, 0.05) is 12.2 Å². The zero-order chi connectivity index (χ0) is 10.5. The van der Waals surface area contributed by atoms with E-state index in [1.807, 2.05) is 6.07 Å². The first kappa shape index (κ1) is 10.6. The molecule has 3 heteroatoms. The van der Waals surface area contributed by atoms with Gasteiger partial charge in [-0.15, -0.1) is 0 Å². The van der Waals surface area contributed by atoms with E-state index in [-0.39, 0.29) is 11.9 Å². The quantitative estimate of drug-likeness (QED) is 0.760. The van der Waals surface area contributed by atoms with Crippen LogP contribution in [0.4, 0.5) is 4.39 Å². The summed E-state index contributed by atoms with van der Waals surface area (Å²) in [5.74, 6) is -0.204. The molecule has 1 fully saturated rings. The van der Waals surface area contributed by atoms with Crippen molar-refractivity contribution in [3.8, 4) is 0 Å². The number of halogens is 1. The molecule has 1 aliphatic rings. The van der Waals surface area contributed by atoms with Crippen molar-refractivity contribution >= 4 is 0 Å². The summed E-state index contributed by atoms with van der Waals surface area (Å²) in [6, 6.07) is 6.68. The van der Waals surface area contributed by atoms with E-state index in [1.165, 1.54) is 6.07 Å². The van der Waals surface area contributed by atoms with Crippen molar-refractivity contribution in [2.75, 3.05) is 13.2 Å². The van der Waals surface area contributed by atoms with Gasteiger partial charge in [-0.3, -0.25) is 0 Å². The van der Waals surface area contributed by atoms with E-state index in [0.29, 0.717) is 18.8 Å². The standard InChI is InChI=1S/C12H15FO2/c13-12-6-2-1-4-10(12)8-14-9-11-5-3-7-15-11/h1-2,4,6,11H,3,5,7-9H2. The third kappa shape index (κ3) is 3.01. The number of hydrogen-bond donors (Lipinski definition) is 0. The molecule has 0 aliphatic carbocycles. The average Bonchev–Trinajstić information content (AvgIpc) is 2.74. The fraction of sp³-hybridized carbons (Fsp3) is 0.500. The summed E-state index contributed by atoms with van der Waals surface area (Å²) in [6.07, 6.45) is 2.36. The van der Waals surface area contributed by atoms with Gasteiger partial charge in [-0.05, 0) is 18.9 Å². The van der Waals surface area contributed by atoms with Crippen LogP contribution in [0.15, 0.2) is 24.3 Å². The van der Waals surface area contributed by atoms with Gasteiger partial charge in [-0.25, -0.2) is 4.39 Å². The molecule has 15 heavy (non-hydrogen) atoms. The molecule has 0 bridgehead atoms. The highest BCUT2D eigenvalue weighted by Crippen LogP contribution is 2.13. The Balaban J connectivity index is 1.75.